The third-order valence-electron chi connectivity index (χ3n) is 3.39. The van der Waals surface area contributed by atoms with Gasteiger partial charge in [-0.2, -0.15) is 0 Å². The highest BCUT2D eigenvalue weighted by molar-refractivity contribution is 5.63. The van der Waals surface area contributed by atoms with Crippen LogP contribution in [0.1, 0.15) is 25.8 Å². The van der Waals surface area contributed by atoms with Gasteiger partial charge in [0.05, 0.1) is 4.92 Å². The molecule has 0 spiro atoms. The first-order valence-electron chi connectivity index (χ1n) is 6.54. The maximum Gasteiger partial charge on any atom is 0.292 e. The van der Waals surface area contributed by atoms with Crippen molar-refractivity contribution in [2.24, 2.45) is 11.7 Å². The highest BCUT2D eigenvalue weighted by atomic mass is 16.6. The molecule has 0 radical (unpaired) electrons. The normalized spacial score (nSPS) is 12.5. The molecule has 0 aliphatic rings. The Hall–Kier alpha value is -1.62. The summed E-state index contributed by atoms with van der Waals surface area (Å²) in [5.41, 5.74) is 7.69. The van der Waals surface area contributed by atoms with Crippen LogP contribution in [0.2, 0.25) is 0 Å². The second-order valence-corrected chi connectivity index (χ2v) is 5.37. The summed E-state index contributed by atoms with van der Waals surface area (Å²) in [5.74, 6) is 0.418. The summed E-state index contributed by atoms with van der Waals surface area (Å²) in [7, 11) is 1.87. The van der Waals surface area contributed by atoms with E-state index in [1.807, 2.05) is 24.9 Å². The number of rotatable bonds is 6. The van der Waals surface area contributed by atoms with Gasteiger partial charge >= 0.3 is 0 Å². The number of aryl methyl sites for hydroxylation is 1. The minimum absolute atomic E-state index is 0.118. The lowest BCUT2D eigenvalue weighted by Gasteiger charge is -2.23. The van der Waals surface area contributed by atoms with Crippen LogP contribution in [0.5, 0.6) is 0 Å². The Morgan fingerprint density at radius 1 is 1.42 bits per heavy atom. The standard InChI is InChI=1S/C14H23N3O2/c1-10(2)12(15)7-8-16(4)13-6-5-11(3)9-14(13)17(18)19/h5-6,9-10,12H,7-8,15H2,1-4H3. The third-order valence-corrected chi connectivity index (χ3v) is 3.39. The van der Waals surface area contributed by atoms with Crippen molar-refractivity contribution in [1.82, 2.24) is 0 Å². The smallest absolute Gasteiger partial charge is 0.292 e. The molecule has 0 amide bonds. The number of anilines is 1. The first kappa shape index (κ1) is 15.4. The summed E-state index contributed by atoms with van der Waals surface area (Å²) in [6, 6.07) is 5.41. The molecule has 5 nitrogen and oxygen atoms in total. The van der Waals surface area contributed by atoms with Crippen molar-refractivity contribution in [1.29, 1.82) is 0 Å². The molecule has 1 unspecified atom stereocenters. The molecule has 1 atom stereocenters. The maximum atomic E-state index is 11.1. The van der Waals surface area contributed by atoms with Gasteiger partial charge in [-0.3, -0.25) is 10.1 Å². The molecular weight excluding hydrogens is 242 g/mol. The average molecular weight is 265 g/mol. The predicted molar refractivity (Wildman–Crippen MR) is 78.5 cm³/mol. The maximum absolute atomic E-state index is 11.1. The van der Waals surface area contributed by atoms with Gasteiger partial charge in [0.1, 0.15) is 5.69 Å². The summed E-state index contributed by atoms with van der Waals surface area (Å²) in [5, 5.41) is 11.1. The summed E-state index contributed by atoms with van der Waals surface area (Å²) in [6.07, 6.45) is 0.819. The van der Waals surface area contributed by atoms with Crippen LogP contribution in [0.15, 0.2) is 18.2 Å². The minimum atomic E-state index is -0.332. The molecule has 1 aromatic rings. The van der Waals surface area contributed by atoms with Crippen LogP contribution in [-0.2, 0) is 0 Å². The van der Waals surface area contributed by atoms with Crippen LogP contribution in [0.4, 0.5) is 11.4 Å². The van der Waals surface area contributed by atoms with Crippen molar-refractivity contribution in [3.63, 3.8) is 0 Å². The lowest BCUT2D eigenvalue weighted by Crippen LogP contribution is -2.32. The SMILES string of the molecule is Cc1ccc(N(C)CCC(N)C(C)C)c([N+](=O)[O-])c1. The van der Waals surface area contributed by atoms with Gasteiger partial charge < -0.3 is 10.6 Å². The molecule has 2 N–H and O–H groups in total. The Morgan fingerprint density at radius 2 is 2.05 bits per heavy atom. The minimum Gasteiger partial charge on any atom is -0.369 e. The number of hydrogen-bond donors (Lipinski definition) is 1. The predicted octanol–water partition coefficient (Wildman–Crippen LogP) is 2.71. The van der Waals surface area contributed by atoms with Gasteiger partial charge in [0.2, 0.25) is 0 Å². The van der Waals surface area contributed by atoms with Crippen molar-refractivity contribution in [3.05, 3.63) is 33.9 Å². The van der Waals surface area contributed by atoms with Crippen LogP contribution in [0, 0.1) is 23.0 Å². The van der Waals surface area contributed by atoms with E-state index in [2.05, 4.69) is 13.8 Å². The van der Waals surface area contributed by atoms with Gasteiger partial charge in [0.25, 0.3) is 5.69 Å². The Kier molecular flexibility index (Phi) is 5.30. The van der Waals surface area contributed by atoms with E-state index in [0.717, 1.165) is 12.0 Å². The van der Waals surface area contributed by atoms with Gasteiger partial charge in [0.15, 0.2) is 0 Å². The molecule has 0 saturated heterocycles. The Morgan fingerprint density at radius 3 is 2.58 bits per heavy atom. The molecule has 0 aromatic heterocycles. The second-order valence-electron chi connectivity index (χ2n) is 5.37. The largest absolute Gasteiger partial charge is 0.369 e. The molecule has 0 bridgehead atoms. The van der Waals surface area contributed by atoms with Gasteiger partial charge in [0, 0.05) is 25.7 Å². The molecule has 1 rings (SSSR count). The van der Waals surface area contributed by atoms with Crippen LogP contribution in [-0.4, -0.2) is 24.6 Å². The third kappa shape index (κ3) is 4.21. The van der Waals surface area contributed by atoms with E-state index < -0.39 is 0 Å². The van der Waals surface area contributed by atoms with Crippen molar-refractivity contribution < 1.29 is 4.92 Å². The van der Waals surface area contributed by atoms with Gasteiger partial charge in [-0.05, 0) is 30.9 Å². The van der Waals surface area contributed by atoms with Crippen LogP contribution >= 0.6 is 0 Å². The number of nitrogens with two attached hydrogens (primary N) is 1. The van der Waals surface area contributed by atoms with Crippen molar-refractivity contribution in [2.45, 2.75) is 33.2 Å². The van der Waals surface area contributed by atoms with Gasteiger partial charge in [-0.15, -0.1) is 0 Å². The van der Waals surface area contributed by atoms with E-state index in [1.165, 1.54) is 0 Å². The van der Waals surface area contributed by atoms with Crippen LogP contribution in [0.3, 0.4) is 0 Å². The number of nitro groups is 1. The van der Waals surface area contributed by atoms with E-state index in [1.54, 1.807) is 12.1 Å². The highest BCUT2D eigenvalue weighted by Crippen LogP contribution is 2.28. The number of hydrogen-bond acceptors (Lipinski definition) is 4. The molecule has 1 aromatic carbocycles. The molecule has 0 aliphatic carbocycles. The number of nitro benzene ring substituents is 1. The zero-order valence-electron chi connectivity index (χ0n) is 12.1. The molecule has 106 valence electrons. The molecule has 19 heavy (non-hydrogen) atoms. The summed E-state index contributed by atoms with van der Waals surface area (Å²) < 4.78 is 0. The zero-order valence-corrected chi connectivity index (χ0v) is 12.1. The topological polar surface area (TPSA) is 72.4 Å². The van der Waals surface area contributed by atoms with Crippen molar-refractivity contribution in [3.8, 4) is 0 Å². The molecule has 0 saturated carbocycles. The fourth-order valence-electron chi connectivity index (χ4n) is 1.90. The second kappa shape index (κ2) is 6.52. The first-order valence-corrected chi connectivity index (χ1v) is 6.54. The van der Waals surface area contributed by atoms with Crippen molar-refractivity contribution >= 4 is 11.4 Å². The van der Waals surface area contributed by atoms with Crippen LogP contribution < -0.4 is 10.6 Å². The fraction of sp³-hybridized carbons (Fsp3) is 0.571. The fourth-order valence-corrected chi connectivity index (χ4v) is 1.90. The zero-order chi connectivity index (χ0) is 14.6. The summed E-state index contributed by atoms with van der Waals surface area (Å²) in [6.45, 7) is 6.73. The number of nitrogens with zero attached hydrogens (tertiary/aromatic N) is 2. The molecule has 5 heteroatoms. The summed E-state index contributed by atoms with van der Waals surface area (Å²) >= 11 is 0. The number of benzene rings is 1. The van der Waals surface area contributed by atoms with E-state index in [0.29, 0.717) is 18.2 Å². The molecule has 0 aliphatic heterocycles. The summed E-state index contributed by atoms with van der Waals surface area (Å²) in [4.78, 5) is 12.6. The monoisotopic (exact) mass is 265 g/mol. The van der Waals surface area contributed by atoms with E-state index in [9.17, 15) is 10.1 Å². The van der Waals surface area contributed by atoms with E-state index >= 15 is 0 Å². The average Bonchev–Trinajstić information content (AvgIpc) is 2.35. The lowest BCUT2D eigenvalue weighted by atomic mass is 10.0. The molecule has 0 heterocycles. The first-order chi connectivity index (χ1) is 8.82. The van der Waals surface area contributed by atoms with E-state index in [-0.39, 0.29) is 16.7 Å². The van der Waals surface area contributed by atoms with Gasteiger partial charge in [-0.1, -0.05) is 19.9 Å². The van der Waals surface area contributed by atoms with Crippen LogP contribution in [0.25, 0.3) is 0 Å². The Bertz CT molecular complexity index is 446. The van der Waals surface area contributed by atoms with E-state index in [4.69, 9.17) is 5.73 Å². The quantitative estimate of drug-likeness (QED) is 0.634. The molecular formula is C14H23N3O2. The molecule has 0 fully saturated rings. The Labute approximate surface area is 114 Å². The Balaban J connectivity index is 2.82. The lowest BCUT2D eigenvalue weighted by molar-refractivity contribution is -0.384. The van der Waals surface area contributed by atoms with Crippen molar-refractivity contribution in [2.75, 3.05) is 18.5 Å². The van der Waals surface area contributed by atoms with Gasteiger partial charge in [-0.25, -0.2) is 0 Å². The highest BCUT2D eigenvalue weighted by Gasteiger charge is 2.18.